The number of thioether (sulfide) groups is 1. The monoisotopic (exact) mass is 224 g/mol. The molecule has 3 N–H and O–H groups in total. The number of rotatable bonds is 4. The van der Waals surface area contributed by atoms with E-state index in [0.717, 1.165) is 5.75 Å². The normalized spacial score (nSPS) is 10.1. The minimum absolute atomic E-state index is 0.118. The molecule has 0 fully saturated rings. The second-order valence-electron chi connectivity index (χ2n) is 3.43. The molecule has 0 aliphatic heterocycles. The van der Waals surface area contributed by atoms with Gasteiger partial charge in [0, 0.05) is 17.1 Å². The number of hydrogen-bond acceptors (Lipinski definition) is 3. The number of nitrogens with two attached hydrogens (primary N) is 1. The molecule has 0 radical (unpaired) electrons. The van der Waals surface area contributed by atoms with Crippen molar-refractivity contribution in [2.75, 3.05) is 5.75 Å². The molecule has 0 aliphatic carbocycles. The number of hydrazine groups is 1. The molecule has 0 saturated heterocycles. The van der Waals surface area contributed by atoms with Crippen molar-refractivity contribution in [3.05, 3.63) is 29.3 Å². The van der Waals surface area contributed by atoms with Crippen LogP contribution in [0.3, 0.4) is 0 Å². The average Bonchev–Trinajstić information content (AvgIpc) is 2.23. The van der Waals surface area contributed by atoms with Crippen molar-refractivity contribution in [1.82, 2.24) is 5.43 Å². The molecule has 1 aromatic rings. The van der Waals surface area contributed by atoms with E-state index in [2.05, 4.69) is 37.5 Å². The summed E-state index contributed by atoms with van der Waals surface area (Å²) in [6, 6.07) is 6.33. The predicted octanol–water partition coefficient (Wildman–Crippen LogP) is 1.78. The molecule has 0 bridgehead atoms. The van der Waals surface area contributed by atoms with E-state index < -0.39 is 0 Å². The van der Waals surface area contributed by atoms with Crippen LogP contribution in [0.25, 0.3) is 0 Å². The summed E-state index contributed by atoms with van der Waals surface area (Å²) >= 11 is 1.69. The van der Waals surface area contributed by atoms with Gasteiger partial charge in [-0.05, 0) is 25.5 Å². The standard InChI is InChI=1S/C11H16N2OS/c1-8-3-4-9(2)10(7-8)15-6-5-11(14)13-12/h3-4,7H,5-6,12H2,1-2H3,(H,13,14). The fourth-order valence-corrected chi connectivity index (χ4v) is 2.26. The maximum Gasteiger partial charge on any atom is 0.234 e. The number of amides is 1. The number of carbonyl (C=O) groups is 1. The summed E-state index contributed by atoms with van der Waals surface area (Å²) in [7, 11) is 0. The van der Waals surface area contributed by atoms with Crippen LogP contribution in [0.5, 0.6) is 0 Å². The molecule has 1 aromatic carbocycles. The van der Waals surface area contributed by atoms with Gasteiger partial charge in [0.05, 0.1) is 0 Å². The third kappa shape index (κ3) is 3.93. The number of nitrogens with one attached hydrogen (secondary N) is 1. The van der Waals surface area contributed by atoms with Gasteiger partial charge in [-0.25, -0.2) is 5.84 Å². The Kier molecular flexibility index (Phi) is 4.65. The van der Waals surface area contributed by atoms with Crippen LogP contribution in [0.15, 0.2) is 23.1 Å². The summed E-state index contributed by atoms with van der Waals surface area (Å²) in [5.74, 6) is 5.64. The fourth-order valence-electron chi connectivity index (χ4n) is 1.19. The van der Waals surface area contributed by atoms with Crippen LogP contribution >= 0.6 is 11.8 Å². The first-order chi connectivity index (χ1) is 7.13. The Balaban J connectivity index is 2.50. The summed E-state index contributed by atoms with van der Waals surface area (Å²) in [5.41, 5.74) is 4.62. The molecule has 4 heteroatoms. The van der Waals surface area contributed by atoms with Crippen LogP contribution in [0.1, 0.15) is 17.5 Å². The van der Waals surface area contributed by atoms with Gasteiger partial charge >= 0.3 is 0 Å². The van der Waals surface area contributed by atoms with E-state index in [0.29, 0.717) is 6.42 Å². The lowest BCUT2D eigenvalue weighted by Gasteiger charge is -2.06. The number of benzene rings is 1. The van der Waals surface area contributed by atoms with Gasteiger partial charge in [0.25, 0.3) is 0 Å². The zero-order valence-corrected chi connectivity index (χ0v) is 9.86. The summed E-state index contributed by atoms with van der Waals surface area (Å²) < 4.78 is 0. The predicted molar refractivity (Wildman–Crippen MR) is 63.6 cm³/mol. The molecule has 3 nitrogen and oxygen atoms in total. The largest absolute Gasteiger partial charge is 0.294 e. The van der Waals surface area contributed by atoms with Gasteiger partial charge in [0.15, 0.2) is 0 Å². The first kappa shape index (κ1) is 12.1. The molecular formula is C11H16N2OS. The molecule has 15 heavy (non-hydrogen) atoms. The highest BCUT2D eigenvalue weighted by atomic mass is 32.2. The van der Waals surface area contributed by atoms with E-state index >= 15 is 0 Å². The third-order valence-corrected chi connectivity index (χ3v) is 3.25. The Bertz CT molecular complexity index is 352. The van der Waals surface area contributed by atoms with E-state index in [1.807, 2.05) is 0 Å². The van der Waals surface area contributed by atoms with Crippen LogP contribution in [0.2, 0.25) is 0 Å². The van der Waals surface area contributed by atoms with E-state index in [1.54, 1.807) is 11.8 Å². The van der Waals surface area contributed by atoms with Gasteiger partial charge in [-0.2, -0.15) is 0 Å². The highest BCUT2D eigenvalue weighted by Crippen LogP contribution is 2.23. The van der Waals surface area contributed by atoms with Crippen molar-refractivity contribution >= 4 is 17.7 Å². The minimum atomic E-state index is -0.118. The second kappa shape index (κ2) is 5.78. The molecule has 0 saturated carbocycles. The molecule has 82 valence electrons. The van der Waals surface area contributed by atoms with E-state index in [-0.39, 0.29) is 5.91 Å². The molecule has 0 heterocycles. The lowest BCUT2D eigenvalue weighted by Crippen LogP contribution is -2.30. The van der Waals surface area contributed by atoms with E-state index in [4.69, 9.17) is 5.84 Å². The van der Waals surface area contributed by atoms with Crippen molar-refractivity contribution < 1.29 is 4.79 Å². The van der Waals surface area contributed by atoms with Crippen LogP contribution in [0.4, 0.5) is 0 Å². The van der Waals surface area contributed by atoms with Crippen molar-refractivity contribution in [2.45, 2.75) is 25.2 Å². The molecular weight excluding hydrogens is 208 g/mol. The second-order valence-corrected chi connectivity index (χ2v) is 4.57. The van der Waals surface area contributed by atoms with Gasteiger partial charge < -0.3 is 0 Å². The van der Waals surface area contributed by atoms with E-state index in [9.17, 15) is 4.79 Å². The molecule has 1 rings (SSSR count). The first-order valence-electron chi connectivity index (χ1n) is 4.83. The molecule has 0 aromatic heterocycles. The molecule has 0 unspecified atom stereocenters. The Hall–Kier alpha value is -1.00. The summed E-state index contributed by atoms with van der Waals surface area (Å²) in [4.78, 5) is 12.1. The van der Waals surface area contributed by atoms with Gasteiger partial charge in [-0.3, -0.25) is 10.2 Å². The third-order valence-electron chi connectivity index (χ3n) is 2.09. The summed E-state index contributed by atoms with van der Waals surface area (Å²) in [6.45, 7) is 4.14. The Labute approximate surface area is 94.4 Å². The molecule has 1 amide bonds. The Morgan fingerprint density at radius 3 is 2.87 bits per heavy atom. The van der Waals surface area contributed by atoms with Crippen LogP contribution < -0.4 is 11.3 Å². The van der Waals surface area contributed by atoms with Gasteiger partial charge in [0.2, 0.25) is 5.91 Å². The highest BCUT2D eigenvalue weighted by Gasteiger charge is 2.02. The van der Waals surface area contributed by atoms with Gasteiger partial charge in [0.1, 0.15) is 0 Å². The van der Waals surface area contributed by atoms with Crippen LogP contribution in [0, 0.1) is 13.8 Å². The topological polar surface area (TPSA) is 55.1 Å². The van der Waals surface area contributed by atoms with Gasteiger partial charge in [-0.15, -0.1) is 11.8 Å². The lowest BCUT2D eigenvalue weighted by molar-refractivity contribution is -0.120. The highest BCUT2D eigenvalue weighted by molar-refractivity contribution is 7.99. The van der Waals surface area contributed by atoms with Gasteiger partial charge in [-0.1, -0.05) is 17.7 Å². The number of aryl methyl sites for hydroxylation is 2. The van der Waals surface area contributed by atoms with Crippen molar-refractivity contribution in [3.63, 3.8) is 0 Å². The van der Waals surface area contributed by atoms with Crippen molar-refractivity contribution in [3.8, 4) is 0 Å². The Morgan fingerprint density at radius 1 is 1.47 bits per heavy atom. The lowest BCUT2D eigenvalue weighted by atomic mass is 10.2. The quantitative estimate of drug-likeness (QED) is 0.355. The van der Waals surface area contributed by atoms with Crippen molar-refractivity contribution in [1.29, 1.82) is 0 Å². The van der Waals surface area contributed by atoms with E-state index in [1.165, 1.54) is 16.0 Å². The number of carbonyl (C=O) groups excluding carboxylic acids is 1. The Morgan fingerprint density at radius 2 is 2.20 bits per heavy atom. The first-order valence-corrected chi connectivity index (χ1v) is 5.81. The average molecular weight is 224 g/mol. The molecule has 0 atom stereocenters. The maximum absolute atomic E-state index is 10.9. The summed E-state index contributed by atoms with van der Waals surface area (Å²) in [6.07, 6.45) is 0.453. The zero-order valence-electron chi connectivity index (χ0n) is 9.04. The SMILES string of the molecule is Cc1ccc(C)c(SCCC(=O)NN)c1. The van der Waals surface area contributed by atoms with Crippen LogP contribution in [-0.4, -0.2) is 11.7 Å². The molecule has 0 spiro atoms. The number of hydrogen-bond donors (Lipinski definition) is 2. The van der Waals surface area contributed by atoms with Crippen molar-refractivity contribution in [2.24, 2.45) is 5.84 Å². The maximum atomic E-state index is 10.9. The zero-order chi connectivity index (χ0) is 11.3. The smallest absolute Gasteiger partial charge is 0.234 e. The summed E-state index contributed by atoms with van der Waals surface area (Å²) in [5, 5.41) is 0. The minimum Gasteiger partial charge on any atom is -0.294 e. The fraction of sp³-hybridized carbons (Fsp3) is 0.364. The molecule has 0 aliphatic rings. The van der Waals surface area contributed by atoms with Crippen LogP contribution in [-0.2, 0) is 4.79 Å².